The lowest BCUT2D eigenvalue weighted by atomic mass is 10.2. The number of anilines is 1. The number of aromatic nitrogens is 1. The summed E-state index contributed by atoms with van der Waals surface area (Å²) in [6.07, 6.45) is 1.63. The Balaban J connectivity index is 2.57. The first-order valence-electron chi connectivity index (χ1n) is 6.33. The van der Waals surface area contributed by atoms with E-state index in [0.29, 0.717) is 29.6 Å². The number of nitrogens with one attached hydrogen (secondary N) is 2. The number of nitrogens with zero attached hydrogens (tertiary/aromatic N) is 1. The molecule has 0 aliphatic rings. The number of amides is 1. The van der Waals surface area contributed by atoms with Crippen molar-refractivity contribution in [2.24, 2.45) is 0 Å². The number of hydrogen-bond acceptors (Lipinski definition) is 4. The van der Waals surface area contributed by atoms with Crippen LogP contribution in [0.15, 0.2) is 12.3 Å². The fourth-order valence-corrected chi connectivity index (χ4v) is 1.63. The summed E-state index contributed by atoms with van der Waals surface area (Å²) in [5.41, 5.74) is 0.414. The van der Waals surface area contributed by atoms with Gasteiger partial charge in [0.15, 0.2) is 0 Å². The Labute approximate surface area is 118 Å². The van der Waals surface area contributed by atoms with Crippen molar-refractivity contribution in [2.45, 2.75) is 26.9 Å². The van der Waals surface area contributed by atoms with Gasteiger partial charge in [0, 0.05) is 19.3 Å². The van der Waals surface area contributed by atoms with E-state index in [1.807, 2.05) is 20.8 Å². The minimum absolute atomic E-state index is 0.154. The van der Waals surface area contributed by atoms with Crippen molar-refractivity contribution in [1.29, 1.82) is 0 Å². The number of hydrogen-bond donors (Lipinski definition) is 2. The van der Waals surface area contributed by atoms with Gasteiger partial charge in [-0.1, -0.05) is 11.6 Å². The van der Waals surface area contributed by atoms with Crippen molar-refractivity contribution in [3.05, 3.63) is 22.8 Å². The van der Waals surface area contributed by atoms with Gasteiger partial charge >= 0.3 is 0 Å². The van der Waals surface area contributed by atoms with Crippen LogP contribution in [0.1, 0.15) is 31.1 Å². The summed E-state index contributed by atoms with van der Waals surface area (Å²) in [7, 11) is 0. The molecule has 5 nitrogen and oxygen atoms in total. The zero-order valence-corrected chi connectivity index (χ0v) is 12.3. The van der Waals surface area contributed by atoms with Crippen LogP contribution in [0.3, 0.4) is 0 Å². The fourth-order valence-electron chi connectivity index (χ4n) is 1.44. The molecule has 2 N–H and O–H groups in total. The van der Waals surface area contributed by atoms with Crippen molar-refractivity contribution in [2.75, 3.05) is 25.0 Å². The van der Waals surface area contributed by atoms with Crippen LogP contribution in [0.5, 0.6) is 0 Å². The van der Waals surface area contributed by atoms with E-state index in [1.165, 1.54) is 6.20 Å². The lowest BCUT2D eigenvalue weighted by molar-refractivity contribution is 0.0746. The lowest BCUT2D eigenvalue weighted by Gasteiger charge is -2.10. The van der Waals surface area contributed by atoms with E-state index in [2.05, 4.69) is 15.6 Å². The number of rotatable bonds is 7. The smallest absolute Gasteiger partial charge is 0.253 e. The molecule has 19 heavy (non-hydrogen) atoms. The van der Waals surface area contributed by atoms with Crippen LogP contribution in [0.25, 0.3) is 0 Å². The third-order valence-electron chi connectivity index (χ3n) is 2.30. The van der Waals surface area contributed by atoms with E-state index < -0.39 is 0 Å². The molecule has 0 fully saturated rings. The van der Waals surface area contributed by atoms with E-state index in [9.17, 15) is 4.79 Å². The van der Waals surface area contributed by atoms with E-state index in [4.69, 9.17) is 16.3 Å². The van der Waals surface area contributed by atoms with Crippen molar-refractivity contribution in [3.63, 3.8) is 0 Å². The summed E-state index contributed by atoms with van der Waals surface area (Å²) in [5, 5.41) is 6.14. The summed E-state index contributed by atoms with van der Waals surface area (Å²) >= 11 is 5.97. The number of pyridine rings is 1. The van der Waals surface area contributed by atoms with Crippen LogP contribution in [-0.2, 0) is 4.74 Å². The fraction of sp³-hybridized carbons (Fsp3) is 0.538. The van der Waals surface area contributed by atoms with Gasteiger partial charge in [0.25, 0.3) is 5.91 Å². The van der Waals surface area contributed by atoms with Gasteiger partial charge in [0.05, 0.1) is 23.3 Å². The van der Waals surface area contributed by atoms with Crippen LogP contribution in [0, 0.1) is 0 Å². The number of halogens is 1. The molecule has 106 valence electrons. The van der Waals surface area contributed by atoms with Crippen LogP contribution < -0.4 is 10.6 Å². The molecule has 1 heterocycles. The highest BCUT2D eigenvalue weighted by Crippen LogP contribution is 2.17. The van der Waals surface area contributed by atoms with Gasteiger partial charge < -0.3 is 15.4 Å². The minimum atomic E-state index is -0.223. The van der Waals surface area contributed by atoms with Crippen molar-refractivity contribution < 1.29 is 9.53 Å². The maximum absolute atomic E-state index is 12.0. The summed E-state index contributed by atoms with van der Waals surface area (Å²) in [5.74, 6) is 0.411. The molecular formula is C13H20ClN3O2. The van der Waals surface area contributed by atoms with Gasteiger partial charge in [0.2, 0.25) is 0 Å². The highest BCUT2D eigenvalue weighted by Gasteiger charge is 2.11. The highest BCUT2D eigenvalue weighted by atomic mass is 35.5. The molecule has 1 aromatic heterocycles. The highest BCUT2D eigenvalue weighted by molar-refractivity contribution is 6.33. The molecule has 0 saturated carbocycles. The monoisotopic (exact) mass is 285 g/mol. The lowest BCUT2D eigenvalue weighted by Crippen LogP contribution is -2.28. The largest absolute Gasteiger partial charge is 0.377 e. The summed E-state index contributed by atoms with van der Waals surface area (Å²) in [6.45, 7) is 7.52. The molecule has 0 radical (unpaired) electrons. The number of ether oxygens (including phenoxy) is 1. The van der Waals surface area contributed by atoms with E-state index in [0.717, 1.165) is 6.54 Å². The Morgan fingerprint density at radius 3 is 2.89 bits per heavy atom. The normalized spacial score (nSPS) is 10.6. The standard InChI is InChI=1S/C13H20ClN3O2/c1-4-15-12-7-10(11(14)8-17-12)13(18)16-5-6-19-9(2)3/h7-9H,4-6H2,1-3H3,(H,15,17)(H,16,18). The topological polar surface area (TPSA) is 63.2 Å². The molecule has 0 spiro atoms. The molecule has 1 aromatic rings. The van der Waals surface area contributed by atoms with E-state index in [-0.39, 0.29) is 12.0 Å². The molecular weight excluding hydrogens is 266 g/mol. The third kappa shape index (κ3) is 5.44. The summed E-state index contributed by atoms with van der Waals surface area (Å²) < 4.78 is 5.35. The van der Waals surface area contributed by atoms with Gasteiger partial charge in [-0.2, -0.15) is 0 Å². The molecule has 0 atom stereocenters. The quantitative estimate of drug-likeness (QED) is 0.755. The van der Waals surface area contributed by atoms with E-state index >= 15 is 0 Å². The summed E-state index contributed by atoms with van der Waals surface area (Å²) in [6, 6.07) is 1.64. The first-order valence-corrected chi connectivity index (χ1v) is 6.71. The minimum Gasteiger partial charge on any atom is -0.377 e. The van der Waals surface area contributed by atoms with Gasteiger partial charge in [-0.3, -0.25) is 4.79 Å². The van der Waals surface area contributed by atoms with Gasteiger partial charge in [-0.25, -0.2) is 4.98 Å². The van der Waals surface area contributed by atoms with Crippen LogP contribution in [-0.4, -0.2) is 36.7 Å². The summed E-state index contributed by atoms with van der Waals surface area (Å²) in [4.78, 5) is 16.0. The molecule has 0 saturated heterocycles. The Morgan fingerprint density at radius 1 is 1.53 bits per heavy atom. The second-order valence-electron chi connectivity index (χ2n) is 4.26. The second kappa shape index (κ2) is 7.96. The van der Waals surface area contributed by atoms with Gasteiger partial charge in [0.1, 0.15) is 5.82 Å². The SMILES string of the molecule is CCNc1cc(C(=O)NCCOC(C)C)c(Cl)cn1. The van der Waals surface area contributed by atoms with Gasteiger partial charge in [-0.15, -0.1) is 0 Å². The van der Waals surface area contributed by atoms with Gasteiger partial charge in [-0.05, 0) is 26.8 Å². The molecule has 0 aromatic carbocycles. The molecule has 1 rings (SSSR count). The van der Waals surface area contributed by atoms with Crippen molar-refractivity contribution in [3.8, 4) is 0 Å². The predicted molar refractivity (Wildman–Crippen MR) is 76.8 cm³/mol. The third-order valence-corrected chi connectivity index (χ3v) is 2.60. The maximum Gasteiger partial charge on any atom is 0.253 e. The van der Waals surface area contributed by atoms with E-state index in [1.54, 1.807) is 6.07 Å². The second-order valence-corrected chi connectivity index (χ2v) is 4.66. The zero-order valence-electron chi connectivity index (χ0n) is 11.5. The molecule has 1 amide bonds. The average molecular weight is 286 g/mol. The molecule has 0 bridgehead atoms. The Kier molecular flexibility index (Phi) is 6.59. The Hall–Kier alpha value is -1.33. The van der Waals surface area contributed by atoms with Crippen molar-refractivity contribution in [1.82, 2.24) is 10.3 Å². The molecule has 0 aliphatic heterocycles. The number of carbonyl (C=O) groups is 1. The predicted octanol–water partition coefficient (Wildman–Crippen LogP) is 2.32. The van der Waals surface area contributed by atoms with Crippen LogP contribution >= 0.6 is 11.6 Å². The molecule has 0 unspecified atom stereocenters. The van der Waals surface area contributed by atoms with Crippen LogP contribution in [0.2, 0.25) is 5.02 Å². The zero-order chi connectivity index (χ0) is 14.3. The average Bonchev–Trinajstić information content (AvgIpc) is 2.36. The number of carbonyl (C=O) groups excluding carboxylic acids is 1. The molecule has 0 aliphatic carbocycles. The molecule has 6 heteroatoms. The first-order chi connectivity index (χ1) is 9.04. The van der Waals surface area contributed by atoms with Crippen LogP contribution in [0.4, 0.5) is 5.82 Å². The van der Waals surface area contributed by atoms with Crippen molar-refractivity contribution >= 4 is 23.3 Å². The Morgan fingerprint density at radius 2 is 2.26 bits per heavy atom. The maximum atomic E-state index is 12.0. The Bertz CT molecular complexity index is 424. The first kappa shape index (κ1) is 15.7.